The van der Waals surface area contributed by atoms with Crippen LogP contribution in [-0.2, 0) is 11.2 Å². The highest BCUT2D eigenvalue weighted by molar-refractivity contribution is 5.79. The van der Waals surface area contributed by atoms with Gasteiger partial charge in [0.2, 0.25) is 5.91 Å². The molecule has 1 aromatic carbocycles. The number of amides is 1. The molecule has 1 aromatic rings. The number of rotatable bonds is 4. The molecule has 4 N–H and O–H groups in total. The number of carbonyl (C=O) groups excluding carboxylic acids is 1. The summed E-state index contributed by atoms with van der Waals surface area (Å²) in [6.07, 6.45) is 3.45. The summed E-state index contributed by atoms with van der Waals surface area (Å²) in [4.78, 5) is 11.9. The van der Waals surface area contributed by atoms with E-state index >= 15 is 0 Å². The molecule has 0 heterocycles. The van der Waals surface area contributed by atoms with Gasteiger partial charge in [0.05, 0.1) is 6.42 Å². The van der Waals surface area contributed by atoms with E-state index in [1.54, 1.807) is 18.2 Å². The first kappa shape index (κ1) is 12.9. The van der Waals surface area contributed by atoms with Gasteiger partial charge in [-0.15, -0.1) is 0 Å². The van der Waals surface area contributed by atoms with E-state index in [1.165, 1.54) is 0 Å². The third-order valence-electron chi connectivity index (χ3n) is 3.65. The summed E-state index contributed by atoms with van der Waals surface area (Å²) in [5, 5.41) is 12.6. The van der Waals surface area contributed by atoms with E-state index in [0.717, 1.165) is 19.3 Å². The third-order valence-corrected chi connectivity index (χ3v) is 3.65. The van der Waals surface area contributed by atoms with Gasteiger partial charge >= 0.3 is 0 Å². The molecule has 2 atom stereocenters. The molecule has 98 valence electrons. The van der Waals surface area contributed by atoms with E-state index in [1.807, 2.05) is 6.07 Å². The topological polar surface area (TPSA) is 75.3 Å². The number of nitrogens with one attached hydrogen (secondary N) is 1. The molecule has 0 bridgehead atoms. The maximum Gasteiger partial charge on any atom is 0.224 e. The monoisotopic (exact) mass is 248 g/mol. The molecule has 0 spiro atoms. The number of phenolic OH excluding ortho intramolecular Hbond substituents is 1. The Balaban J connectivity index is 1.91. The molecular weight excluding hydrogens is 228 g/mol. The van der Waals surface area contributed by atoms with Crippen LogP contribution in [0.25, 0.3) is 0 Å². The summed E-state index contributed by atoms with van der Waals surface area (Å²) in [6, 6.07) is 7.14. The molecule has 1 aliphatic rings. The number of nitrogens with two attached hydrogens (primary N) is 1. The first-order valence-electron chi connectivity index (χ1n) is 6.47. The highest BCUT2D eigenvalue weighted by atomic mass is 16.3. The van der Waals surface area contributed by atoms with E-state index < -0.39 is 0 Å². The van der Waals surface area contributed by atoms with Crippen LogP contribution in [0.1, 0.15) is 24.8 Å². The average Bonchev–Trinajstić information content (AvgIpc) is 2.79. The van der Waals surface area contributed by atoms with Crippen LogP contribution in [0.2, 0.25) is 0 Å². The highest BCUT2D eigenvalue weighted by Gasteiger charge is 2.27. The third kappa shape index (κ3) is 3.01. The Morgan fingerprint density at radius 1 is 1.39 bits per heavy atom. The number of benzene rings is 1. The zero-order valence-corrected chi connectivity index (χ0v) is 10.4. The van der Waals surface area contributed by atoms with Crippen molar-refractivity contribution in [2.45, 2.75) is 31.7 Å². The van der Waals surface area contributed by atoms with E-state index in [9.17, 15) is 9.90 Å². The molecule has 0 aliphatic heterocycles. The minimum Gasteiger partial charge on any atom is -0.508 e. The van der Waals surface area contributed by atoms with Crippen molar-refractivity contribution in [1.29, 1.82) is 0 Å². The van der Waals surface area contributed by atoms with E-state index in [-0.39, 0.29) is 24.1 Å². The molecule has 1 saturated carbocycles. The lowest BCUT2D eigenvalue weighted by Gasteiger charge is -2.19. The molecule has 0 aromatic heterocycles. The quantitative estimate of drug-likeness (QED) is 0.749. The van der Waals surface area contributed by atoms with Crippen LogP contribution in [0.3, 0.4) is 0 Å². The van der Waals surface area contributed by atoms with Gasteiger partial charge in [-0.05, 0) is 31.4 Å². The molecule has 4 heteroatoms. The second-order valence-corrected chi connectivity index (χ2v) is 4.91. The Kier molecular flexibility index (Phi) is 4.20. The van der Waals surface area contributed by atoms with Gasteiger partial charge in [-0.25, -0.2) is 0 Å². The number of carbonyl (C=O) groups is 1. The average molecular weight is 248 g/mol. The van der Waals surface area contributed by atoms with Crippen LogP contribution in [0.5, 0.6) is 5.75 Å². The fourth-order valence-corrected chi connectivity index (χ4v) is 2.60. The summed E-state index contributed by atoms with van der Waals surface area (Å²) in [6.45, 7) is 0.627. The lowest BCUT2D eigenvalue weighted by atomic mass is 10.0. The number of phenols is 1. The van der Waals surface area contributed by atoms with Crippen molar-refractivity contribution in [2.75, 3.05) is 6.54 Å². The Bertz CT molecular complexity index is 420. The van der Waals surface area contributed by atoms with Gasteiger partial charge in [-0.2, -0.15) is 0 Å². The molecule has 2 unspecified atom stereocenters. The van der Waals surface area contributed by atoms with E-state index in [0.29, 0.717) is 18.0 Å². The van der Waals surface area contributed by atoms with Crippen molar-refractivity contribution >= 4 is 5.91 Å². The number of para-hydroxylation sites is 1. The summed E-state index contributed by atoms with van der Waals surface area (Å²) < 4.78 is 0. The predicted octanol–water partition coefficient (Wildman–Crippen LogP) is 1.18. The second-order valence-electron chi connectivity index (χ2n) is 4.91. The first-order chi connectivity index (χ1) is 8.70. The van der Waals surface area contributed by atoms with Gasteiger partial charge in [0.15, 0.2) is 0 Å². The summed E-state index contributed by atoms with van der Waals surface area (Å²) in [7, 11) is 0. The van der Waals surface area contributed by atoms with Crippen LogP contribution in [0.15, 0.2) is 24.3 Å². The zero-order chi connectivity index (χ0) is 13.0. The minimum atomic E-state index is -0.0400. The molecule has 1 aliphatic carbocycles. The first-order valence-corrected chi connectivity index (χ1v) is 6.47. The van der Waals surface area contributed by atoms with Crippen LogP contribution in [-0.4, -0.2) is 23.6 Å². The van der Waals surface area contributed by atoms with Crippen LogP contribution in [0, 0.1) is 5.92 Å². The van der Waals surface area contributed by atoms with Crippen molar-refractivity contribution in [3.05, 3.63) is 29.8 Å². The van der Waals surface area contributed by atoms with Gasteiger partial charge in [-0.3, -0.25) is 4.79 Å². The minimum absolute atomic E-state index is 0.0400. The fourth-order valence-electron chi connectivity index (χ4n) is 2.60. The SMILES string of the molecule is NCC1CCCC1NC(=O)Cc1ccccc1O. The highest BCUT2D eigenvalue weighted by Crippen LogP contribution is 2.25. The van der Waals surface area contributed by atoms with Crippen LogP contribution < -0.4 is 11.1 Å². The lowest BCUT2D eigenvalue weighted by Crippen LogP contribution is -2.40. The number of hydrogen-bond donors (Lipinski definition) is 3. The van der Waals surface area contributed by atoms with Crippen LogP contribution >= 0.6 is 0 Å². The molecule has 4 nitrogen and oxygen atoms in total. The van der Waals surface area contributed by atoms with Crippen molar-refractivity contribution < 1.29 is 9.90 Å². The zero-order valence-electron chi connectivity index (χ0n) is 10.4. The molecule has 0 radical (unpaired) electrons. The predicted molar refractivity (Wildman–Crippen MR) is 70.1 cm³/mol. The Labute approximate surface area is 107 Å². The standard InChI is InChI=1S/C14H20N2O2/c15-9-11-5-3-6-12(11)16-14(18)8-10-4-1-2-7-13(10)17/h1-2,4,7,11-12,17H,3,5-6,8-9,15H2,(H,16,18). The van der Waals surface area contributed by atoms with Gasteiger partial charge in [0.1, 0.15) is 5.75 Å². The Morgan fingerprint density at radius 2 is 2.17 bits per heavy atom. The lowest BCUT2D eigenvalue weighted by molar-refractivity contribution is -0.121. The van der Waals surface area contributed by atoms with E-state index in [2.05, 4.69) is 5.32 Å². The molecule has 0 saturated heterocycles. The van der Waals surface area contributed by atoms with E-state index in [4.69, 9.17) is 5.73 Å². The largest absolute Gasteiger partial charge is 0.508 e. The molecule has 1 fully saturated rings. The van der Waals surface area contributed by atoms with Crippen LogP contribution in [0.4, 0.5) is 0 Å². The second kappa shape index (κ2) is 5.87. The maximum atomic E-state index is 11.9. The van der Waals surface area contributed by atoms with Crippen molar-refractivity contribution in [3.8, 4) is 5.75 Å². The molecule has 18 heavy (non-hydrogen) atoms. The fraction of sp³-hybridized carbons (Fsp3) is 0.500. The van der Waals surface area contributed by atoms with Crippen molar-refractivity contribution in [2.24, 2.45) is 11.7 Å². The maximum absolute atomic E-state index is 11.9. The number of aromatic hydroxyl groups is 1. The normalized spacial score (nSPS) is 22.9. The Morgan fingerprint density at radius 3 is 2.89 bits per heavy atom. The van der Waals surface area contributed by atoms with Crippen molar-refractivity contribution in [3.63, 3.8) is 0 Å². The molecular formula is C14H20N2O2. The van der Waals surface area contributed by atoms with Gasteiger partial charge in [-0.1, -0.05) is 24.6 Å². The molecule has 2 rings (SSSR count). The summed E-state index contributed by atoms with van der Waals surface area (Å²) >= 11 is 0. The summed E-state index contributed by atoms with van der Waals surface area (Å²) in [5.41, 5.74) is 6.35. The van der Waals surface area contributed by atoms with Gasteiger partial charge < -0.3 is 16.2 Å². The summed E-state index contributed by atoms with van der Waals surface area (Å²) in [5.74, 6) is 0.537. The Hall–Kier alpha value is -1.55. The van der Waals surface area contributed by atoms with Gasteiger partial charge in [0.25, 0.3) is 0 Å². The van der Waals surface area contributed by atoms with Crippen molar-refractivity contribution in [1.82, 2.24) is 5.32 Å². The smallest absolute Gasteiger partial charge is 0.224 e. The number of hydrogen-bond acceptors (Lipinski definition) is 3. The van der Waals surface area contributed by atoms with Gasteiger partial charge in [0, 0.05) is 11.6 Å². The molecule has 1 amide bonds.